The van der Waals surface area contributed by atoms with Crippen LogP contribution in [0.5, 0.6) is 0 Å². The third kappa shape index (κ3) is 6.15. The molecule has 0 unspecified atom stereocenters. The molecular weight excluding hydrogens is 446 g/mol. The molecule has 3 rings (SSSR count). The fourth-order valence-corrected chi connectivity index (χ4v) is 3.31. The van der Waals surface area contributed by atoms with Crippen LogP contribution in [0, 0.1) is 16.0 Å². The predicted molar refractivity (Wildman–Crippen MR) is 120 cm³/mol. The van der Waals surface area contributed by atoms with Crippen molar-refractivity contribution in [2.24, 2.45) is 5.92 Å². The van der Waals surface area contributed by atoms with Gasteiger partial charge in [-0.2, -0.15) is 0 Å². The Bertz CT molecular complexity index is 1100. The minimum absolute atomic E-state index is 0.00392. The Morgan fingerprint density at radius 1 is 1.15 bits per heavy atom. The van der Waals surface area contributed by atoms with Crippen LogP contribution in [0.1, 0.15) is 30.1 Å². The number of nitro groups is 1. The van der Waals surface area contributed by atoms with Crippen molar-refractivity contribution in [3.63, 3.8) is 0 Å². The Morgan fingerprint density at radius 3 is 2.56 bits per heavy atom. The molecule has 1 heterocycles. The van der Waals surface area contributed by atoms with E-state index in [4.69, 9.17) is 9.47 Å². The summed E-state index contributed by atoms with van der Waals surface area (Å²) in [6.07, 6.45) is 0.583. The van der Waals surface area contributed by atoms with Gasteiger partial charge in [-0.3, -0.25) is 24.5 Å². The van der Waals surface area contributed by atoms with E-state index in [1.54, 1.807) is 6.07 Å². The molecule has 0 radical (unpaired) electrons. The lowest BCUT2D eigenvalue weighted by Crippen LogP contribution is -2.28. The number of hydrogen-bond acceptors (Lipinski definition) is 8. The quantitative estimate of drug-likeness (QED) is 0.335. The minimum Gasteiger partial charge on any atom is -0.462 e. The Morgan fingerprint density at radius 2 is 1.88 bits per heavy atom. The van der Waals surface area contributed by atoms with Crippen LogP contribution >= 0.6 is 0 Å². The van der Waals surface area contributed by atoms with Crippen LogP contribution in [0.15, 0.2) is 48.5 Å². The van der Waals surface area contributed by atoms with E-state index in [1.807, 2.05) is 6.92 Å². The van der Waals surface area contributed by atoms with Gasteiger partial charge in [-0.25, -0.2) is 4.79 Å². The average Bonchev–Trinajstić information content (AvgIpc) is 3.23. The van der Waals surface area contributed by atoms with Crippen molar-refractivity contribution in [3.05, 3.63) is 64.2 Å². The molecule has 1 aliphatic rings. The van der Waals surface area contributed by atoms with Gasteiger partial charge in [0.25, 0.3) is 11.6 Å². The van der Waals surface area contributed by atoms with Gasteiger partial charge in [-0.05, 0) is 36.8 Å². The lowest BCUT2D eigenvalue weighted by atomic mass is 10.1. The zero-order valence-corrected chi connectivity index (χ0v) is 18.4. The first-order valence-corrected chi connectivity index (χ1v) is 10.6. The largest absolute Gasteiger partial charge is 0.462 e. The molecule has 0 spiro atoms. The van der Waals surface area contributed by atoms with Crippen molar-refractivity contribution in [1.29, 1.82) is 0 Å². The fraction of sp³-hybridized carbons (Fsp3) is 0.304. The molecular formula is C23H23N3O8. The van der Waals surface area contributed by atoms with Crippen molar-refractivity contribution >= 4 is 40.8 Å². The fourth-order valence-electron chi connectivity index (χ4n) is 3.31. The summed E-state index contributed by atoms with van der Waals surface area (Å²) in [5.74, 6) is -2.93. The third-order valence-corrected chi connectivity index (χ3v) is 5.00. The molecule has 0 saturated carbocycles. The molecule has 1 atom stereocenters. The molecule has 1 fully saturated rings. The standard InChI is InChI=1S/C23H23N3O8/c1-2-10-33-22(29)15-6-8-17(9-7-15)24-20(27)14-34-23(30)16-11-21(28)25(13-16)18-4-3-5-19(12-18)26(31)32/h3-9,12,16H,2,10-11,13-14H2,1H3,(H,24,27)/t16-/m0/s1. The van der Waals surface area contributed by atoms with Crippen LogP contribution in [0.25, 0.3) is 0 Å². The second kappa shape index (κ2) is 11.0. The molecule has 0 aliphatic carbocycles. The average molecular weight is 469 g/mol. The van der Waals surface area contributed by atoms with Crippen LogP contribution in [0.4, 0.5) is 17.1 Å². The lowest BCUT2D eigenvalue weighted by molar-refractivity contribution is -0.384. The normalized spacial score (nSPS) is 15.0. The summed E-state index contributed by atoms with van der Waals surface area (Å²) in [5, 5.41) is 13.5. The van der Waals surface area contributed by atoms with Crippen molar-refractivity contribution in [2.45, 2.75) is 19.8 Å². The summed E-state index contributed by atoms with van der Waals surface area (Å²) in [6.45, 7) is 1.64. The van der Waals surface area contributed by atoms with Gasteiger partial charge in [-0.1, -0.05) is 13.0 Å². The molecule has 178 valence electrons. The number of nitrogens with zero attached hydrogens (tertiary/aromatic N) is 2. The summed E-state index contributed by atoms with van der Waals surface area (Å²) in [5.41, 5.74) is 0.895. The molecule has 0 aromatic heterocycles. The predicted octanol–water partition coefficient (Wildman–Crippen LogP) is 2.70. The van der Waals surface area contributed by atoms with Crippen molar-refractivity contribution in [1.82, 2.24) is 0 Å². The highest BCUT2D eigenvalue weighted by atomic mass is 16.6. The van der Waals surface area contributed by atoms with Crippen LogP contribution in [0.3, 0.4) is 0 Å². The summed E-state index contributed by atoms with van der Waals surface area (Å²) in [7, 11) is 0. The number of nitro benzene ring substituents is 1. The SMILES string of the molecule is CCCOC(=O)c1ccc(NC(=O)COC(=O)[C@H]2CC(=O)N(c3cccc([N+](=O)[O-])c3)C2)cc1. The number of nitrogens with one attached hydrogen (secondary N) is 1. The van der Waals surface area contributed by atoms with Gasteiger partial charge in [0, 0.05) is 30.8 Å². The summed E-state index contributed by atoms with van der Waals surface area (Å²) in [6, 6.07) is 11.6. The van der Waals surface area contributed by atoms with E-state index in [2.05, 4.69) is 5.32 Å². The van der Waals surface area contributed by atoms with Gasteiger partial charge in [-0.15, -0.1) is 0 Å². The van der Waals surface area contributed by atoms with E-state index in [-0.39, 0.29) is 24.6 Å². The molecule has 34 heavy (non-hydrogen) atoms. The Balaban J connectivity index is 1.49. The molecule has 1 aliphatic heterocycles. The number of carbonyl (C=O) groups is 4. The van der Waals surface area contributed by atoms with Crippen LogP contribution in [-0.4, -0.2) is 48.4 Å². The van der Waals surface area contributed by atoms with Crippen molar-refractivity contribution < 1.29 is 33.6 Å². The number of non-ortho nitro benzene ring substituents is 1. The van der Waals surface area contributed by atoms with Crippen molar-refractivity contribution in [2.75, 3.05) is 30.0 Å². The van der Waals surface area contributed by atoms with E-state index < -0.39 is 35.3 Å². The molecule has 2 aromatic carbocycles. The van der Waals surface area contributed by atoms with Gasteiger partial charge >= 0.3 is 11.9 Å². The number of ether oxygens (including phenoxy) is 2. The number of anilines is 2. The first-order valence-electron chi connectivity index (χ1n) is 10.6. The number of benzene rings is 2. The maximum Gasteiger partial charge on any atom is 0.338 e. The topological polar surface area (TPSA) is 145 Å². The van der Waals surface area contributed by atoms with Gasteiger partial charge in [0.2, 0.25) is 5.91 Å². The molecule has 11 nitrogen and oxygen atoms in total. The monoisotopic (exact) mass is 469 g/mol. The van der Waals surface area contributed by atoms with Crippen LogP contribution in [-0.2, 0) is 23.9 Å². The van der Waals surface area contributed by atoms with Gasteiger partial charge in [0.1, 0.15) is 0 Å². The molecule has 2 amide bonds. The van der Waals surface area contributed by atoms with E-state index in [0.29, 0.717) is 30.0 Å². The lowest BCUT2D eigenvalue weighted by Gasteiger charge is -2.16. The molecule has 0 bridgehead atoms. The Hall–Kier alpha value is -4.28. The minimum atomic E-state index is -0.798. The highest BCUT2D eigenvalue weighted by Crippen LogP contribution is 2.28. The van der Waals surface area contributed by atoms with Crippen LogP contribution < -0.4 is 10.2 Å². The summed E-state index contributed by atoms with van der Waals surface area (Å²) in [4.78, 5) is 60.3. The van der Waals surface area contributed by atoms with Gasteiger partial charge in [0.15, 0.2) is 6.61 Å². The summed E-state index contributed by atoms with van der Waals surface area (Å²) >= 11 is 0. The van der Waals surface area contributed by atoms with Gasteiger partial charge < -0.3 is 19.7 Å². The second-order valence-electron chi connectivity index (χ2n) is 7.55. The second-order valence-corrected chi connectivity index (χ2v) is 7.55. The molecule has 1 saturated heterocycles. The molecule has 2 aromatic rings. The third-order valence-electron chi connectivity index (χ3n) is 5.00. The zero-order valence-electron chi connectivity index (χ0n) is 18.4. The van der Waals surface area contributed by atoms with Crippen molar-refractivity contribution in [3.8, 4) is 0 Å². The number of esters is 2. The Kier molecular flexibility index (Phi) is 7.91. The smallest absolute Gasteiger partial charge is 0.338 e. The van der Waals surface area contributed by atoms with E-state index in [1.165, 1.54) is 47.4 Å². The van der Waals surface area contributed by atoms with E-state index in [9.17, 15) is 29.3 Å². The summed E-state index contributed by atoms with van der Waals surface area (Å²) < 4.78 is 10.1. The maximum absolute atomic E-state index is 12.4. The van der Waals surface area contributed by atoms with E-state index >= 15 is 0 Å². The number of rotatable bonds is 9. The highest BCUT2D eigenvalue weighted by Gasteiger charge is 2.36. The van der Waals surface area contributed by atoms with Crippen LogP contribution in [0.2, 0.25) is 0 Å². The number of amides is 2. The number of carbonyl (C=O) groups excluding carboxylic acids is 4. The first kappa shape index (κ1) is 24.4. The molecule has 11 heteroatoms. The maximum atomic E-state index is 12.4. The van der Waals surface area contributed by atoms with Gasteiger partial charge in [0.05, 0.1) is 28.7 Å². The first-order chi connectivity index (χ1) is 16.3. The number of hydrogen-bond donors (Lipinski definition) is 1. The zero-order chi connectivity index (χ0) is 24.7. The highest BCUT2D eigenvalue weighted by molar-refractivity contribution is 6.00. The Labute approximate surface area is 194 Å². The molecule has 1 N–H and O–H groups in total. The van der Waals surface area contributed by atoms with E-state index in [0.717, 1.165) is 0 Å².